The van der Waals surface area contributed by atoms with Crippen molar-refractivity contribution in [2.45, 2.75) is 12.2 Å². The average molecular weight is 318 g/mol. The number of nitrogens with one attached hydrogen (secondary N) is 1. The van der Waals surface area contributed by atoms with E-state index in [1.807, 2.05) is 0 Å². The fourth-order valence-corrected chi connectivity index (χ4v) is 1.79. The summed E-state index contributed by atoms with van der Waals surface area (Å²) in [6.45, 7) is -0.260. The van der Waals surface area contributed by atoms with Crippen molar-refractivity contribution in [1.29, 1.82) is 0 Å². The number of halogens is 4. The third-order valence-corrected chi connectivity index (χ3v) is 2.98. The second-order valence-electron chi connectivity index (χ2n) is 4.23. The van der Waals surface area contributed by atoms with Gasteiger partial charge in [0.2, 0.25) is 0 Å². The summed E-state index contributed by atoms with van der Waals surface area (Å²) in [4.78, 5) is 0. The van der Waals surface area contributed by atoms with E-state index < -0.39 is 17.9 Å². The molecule has 0 aliphatic carbocycles. The van der Waals surface area contributed by atoms with Gasteiger partial charge in [0.15, 0.2) is 5.69 Å². The molecule has 21 heavy (non-hydrogen) atoms. The highest BCUT2D eigenvalue weighted by atomic mass is 35.5. The Morgan fingerprint density at radius 2 is 1.76 bits per heavy atom. The first-order chi connectivity index (χ1) is 9.90. The predicted octanol–water partition coefficient (Wildman–Crippen LogP) is 3.29. The number of alkyl halides is 3. The summed E-state index contributed by atoms with van der Waals surface area (Å²) in [6.07, 6.45) is -4.53. The van der Waals surface area contributed by atoms with E-state index in [1.54, 1.807) is 24.3 Å². The van der Waals surface area contributed by atoms with Gasteiger partial charge < -0.3 is 10.4 Å². The van der Waals surface area contributed by atoms with Crippen molar-refractivity contribution in [3.63, 3.8) is 0 Å². The number of aromatic nitrogens is 2. The SMILES string of the molecule is OCC(Nc1ccc(C(F)(F)F)nn1)c1ccc(Cl)cc1. The number of anilines is 1. The van der Waals surface area contributed by atoms with Gasteiger partial charge >= 0.3 is 6.18 Å². The van der Waals surface area contributed by atoms with Gasteiger partial charge in [-0.25, -0.2) is 0 Å². The minimum Gasteiger partial charge on any atom is -0.394 e. The molecule has 0 radical (unpaired) electrons. The number of nitrogens with zero attached hydrogens (tertiary/aromatic N) is 2. The van der Waals surface area contributed by atoms with Crippen LogP contribution in [0.5, 0.6) is 0 Å². The first-order valence-corrected chi connectivity index (χ1v) is 6.31. The van der Waals surface area contributed by atoms with Gasteiger partial charge in [-0.05, 0) is 29.8 Å². The lowest BCUT2D eigenvalue weighted by atomic mass is 10.1. The molecule has 0 saturated carbocycles. The summed E-state index contributed by atoms with van der Waals surface area (Å²) >= 11 is 5.77. The van der Waals surface area contributed by atoms with Gasteiger partial charge in [-0.15, -0.1) is 10.2 Å². The summed E-state index contributed by atoms with van der Waals surface area (Å²) in [7, 11) is 0. The summed E-state index contributed by atoms with van der Waals surface area (Å²) in [6, 6.07) is 8.18. The van der Waals surface area contributed by atoms with Crippen molar-refractivity contribution < 1.29 is 18.3 Å². The third kappa shape index (κ3) is 4.05. The van der Waals surface area contributed by atoms with Crippen LogP contribution < -0.4 is 5.32 Å². The molecule has 1 aromatic carbocycles. The van der Waals surface area contributed by atoms with Crippen molar-refractivity contribution in [2.24, 2.45) is 0 Å². The lowest BCUT2D eigenvalue weighted by Crippen LogP contribution is -2.17. The van der Waals surface area contributed by atoms with E-state index >= 15 is 0 Å². The topological polar surface area (TPSA) is 58.0 Å². The maximum Gasteiger partial charge on any atom is 0.435 e. The molecule has 4 nitrogen and oxygen atoms in total. The Bertz CT molecular complexity index is 587. The van der Waals surface area contributed by atoms with Crippen LogP contribution in [0.25, 0.3) is 0 Å². The largest absolute Gasteiger partial charge is 0.435 e. The summed E-state index contributed by atoms with van der Waals surface area (Å²) in [5.74, 6) is 0.136. The Balaban J connectivity index is 2.13. The number of aliphatic hydroxyl groups excluding tert-OH is 1. The van der Waals surface area contributed by atoms with Crippen LogP contribution >= 0.6 is 11.6 Å². The van der Waals surface area contributed by atoms with Crippen molar-refractivity contribution in [2.75, 3.05) is 11.9 Å². The van der Waals surface area contributed by atoms with Crippen LogP contribution in [0.15, 0.2) is 36.4 Å². The maximum absolute atomic E-state index is 12.4. The fourth-order valence-electron chi connectivity index (χ4n) is 1.67. The van der Waals surface area contributed by atoms with Gasteiger partial charge in [-0.2, -0.15) is 13.2 Å². The Hall–Kier alpha value is -1.86. The van der Waals surface area contributed by atoms with Crippen molar-refractivity contribution >= 4 is 17.4 Å². The maximum atomic E-state index is 12.4. The molecule has 1 unspecified atom stereocenters. The summed E-state index contributed by atoms with van der Waals surface area (Å²) in [5.41, 5.74) is -0.344. The quantitative estimate of drug-likeness (QED) is 0.908. The lowest BCUT2D eigenvalue weighted by molar-refractivity contribution is -0.141. The molecular weight excluding hydrogens is 307 g/mol. The van der Waals surface area contributed by atoms with Gasteiger partial charge in [0, 0.05) is 5.02 Å². The Kier molecular flexibility index (Phi) is 4.64. The third-order valence-electron chi connectivity index (χ3n) is 2.73. The Morgan fingerprint density at radius 3 is 2.24 bits per heavy atom. The highest BCUT2D eigenvalue weighted by Gasteiger charge is 2.32. The molecule has 0 bridgehead atoms. The minimum atomic E-state index is -4.53. The first-order valence-electron chi connectivity index (χ1n) is 5.94. The van der Waals surface area contributed by atoms with Gasteiger partial charge in [-0.3, -0.25) is 0 Å². The zero-order valence-electron chi connectivity index (χ0n) is 10.6. The van der Waals surface area contributed by atoms with Crippen LogP contribution in [0.3, 0.4) is 0 Å². The van der Waals surface area contributed by atoms with Crippen LogP contribution in [0.1, 0.15) is 17.3 Å². The zero-order valence-corrected chi connectivity index (χ0v) is 11.4. The number of benzene rings is 1. The molecule has 2 aromatic rings. The molecular formula is C13H11ClF3N3O. The van der Waals surface area contributed by atoms with Gasteiger partial charge in [-0.1, -0.05) is 23.7 Å². The number of aliphatic hydroxyl groups is 1. The Morgan fingerprint density at radius 1 is 1.10 bits per heavy atom. The number of hydrogen-bond donors (Lipinski definition) is 2. The van der Waals surface area contributed by atoms with Crippen molar-refractivity contribution in [1.82, 2.24) is 10.2 Å². The standard InChI is InChI=1S/C13H11ClF3N3O/c14-9-3-1-8(2-4-9)10(7-21)18-12-6-5-11(19-20-12)13(15,16)17/h1-6,10,21H,7H2,(H,18,20). The van der Waals surface area contributed by atoms with E-state index in [1.165, 1.54) is 0 Å². The molecule has 0 amide bonds. The lowest BCUT2D eigenvalue weighted by Gasteiger charge is -2.17. The van der Waals surface area contributed by atoms with E-state index in [0.717, 1.165) is 17.7 Å². The number of rotatable bonds is 4. The molecule has 0 fully saturated rings. The van der Waals surface area contributed by atoms with E-state index in [9.17, 15) is 18.3 Å². The van der Waals surface area contributed by atoms with Gasteiger partial charge in [0.25, 0.3) is 0 Å². The van der Waals surface area contributed by atoms with Crippen molar-refractivity contribution in [3.8, 4) is 0 Å². The van der Waals surface area contributed by atoms with Crippen LogP contribution in [-0.2, 0) is 6.18 Å². The molecule has 0 aliphatic rings. The van der Waals surface area contributed by atoms with E-state index in [-0.39, 0.29) is 12.4 Å². The van der Waals surface area contributed by atoms with Crippen LogP contribution in [0.4, 0.5) is 19.0 Å². The zero-order chi connectivity index (χ0) is 15.5. The molecule has 0 saturated heterocycles. The molecule has 2 rings (SSSR count). The van der Waals surface area contributed by atoms with Crippen LogP contribution in [0, 0.1) is 0 Å². The highest BCUT2D eigenvalue weighted by Crippen LogP contribution is 2.27. The minimum absolute atomic E-state index is 0.136. The molecule has 2 N–H and O–H groups in total. The van der Waals surface area contributed by atoms with E-state index in [2.05, 4.69) is 15.5 Å². The van der Waals surface area contributed by atoms with E-state index in [4.69, 9.17) is 11.6 Å². The van der Waals surface area contributed by atoms with Crippen LogP contribution in [0.2, 0.25) is 5.02 Å². The average Bonchev–Trinajstić information content (AvgIpc) is 2.45. The second kappa shape index (κ2) is 6.28. The van der Waals surface area contributed by atoms with Gasteiger partial charge in [0.1, 0.15) is 5.82 Å². The molecule has 0 spiro atoms. The first kappa shape index (κ1) is 15.5. The van der Waals surface area contributed by atoms with E-state index in [0.29, 0.717) is 5.02 Å². The molecule has 0 aliphatic heterocycles. The monoisotopic (exact) mass is 317 g/mol. The van der Waals surface area contributed by atoms with Crippen LogP contribution in [-0.4, -0.2) is 21.9 Å². The fraction of sp³-hybridized carbons (Fsp3) is 0.231. The molecule has 1 aromatic heterocycles. The number of hydrogen-bond acceptors (Lipinski definition) is 4. The molecule has 1 atom stereocenters. The molecule has 1 heterocycles. The normalized spacial score (nSPS) is 13.0. The summed E-state index contributed by atoms with van der Waals surface area (Å²) in [5, 5.41) is 19.3. The molecule has 112 valence electrons. The summed E-state index contributed by atoms with van der Waals surface area (Å²) < 4.78 is 37.1. The highest BCUT2D eigenvalue weighted by molar-refractivity contribution is 6.30. The predicted molar refractivity (Wildman–Crippen MR) is 71.9 cm³/mol. The molecule has 8 heteroatoms. The second-order valence-corrected chi connectivity index (χ2v) is 4.67. The Labute approximate surface area is 123 Å². The van der Waals surface area contributed by atoms with Gasteiger partial charge in [0.05, 0.1) is 12.6 Å². The van der Waals surface area contributed by atoms with Crippen molar-refractivity contribution in [3.05, 3.63) is 52.7 Å². The smallest absolute Gasteiger partial charge is 0.394 e.